The van der Waals surface area contributed by atoms with Gasteiger partial charge in [-0.1, -0.05) is 40.8 Å². The maximum atomic E-state index is 5.47. The molecule has 0 saturated heterocycles. The third-order valence-corrected chi connectivity index (χ3v) is 6.97. The van der Waals surface area contributed by atoms with Gasteiger partial charge in [-0.2, -0.15) is 0 Å². The molecule has 4 aromatic heterocycles. The minimum absolute atomic E-state index is 0.130. The van der Waals surface area contributed by atoms with Crippen LogP contribution in [0.25, 0.3) is 32.0 Å². The summed E-state index contributed by atoms with van der Waals surface area (Å²) in [5.74, 6) is 1.24. The summed E-state index contributed by atoms with van der Waals surface area (Å²) in [6.07, 6.45) is 3.29. The van der Waals surface area contributed by atoms with E-state index < -0.39 is 0 Å². The predicted octanol–water partition coefficient (Wildman–Crippen LogP) is 4.85. The summed E-state index contributed by atoms with van der Waals surface area (Å²) in [5.41, 5.74) is 5.49. The normalized spacial score (nSPS) is 11.9. The Morgan fingerprint density at radius 2 is 1.86 bits per heavy atom. The van der Waals surface area contributed by atoms with Gasteiger partial charge in [-0.05, 0) is 43.7 Å². The van der Waals surface area contributed by atoms with Crippen molar-refractivity contribution >= 4 is 44.4 Å². The fraction of sp³-hybridized carbons (Fsp3) is 0.160. The molecule has 0 atom stereocenters. The van der Waals surface area contributed by atoms with Crippen molar-refractivity contribution in [3.05, 3.63) is 77.5 Å². The Hall–Kier alpha value is -4.31. The summed E-state index contributed by atoms with van der Waals surface area (Å²) in [6, 6.07) is 15.7. The molecule has 0 aliphatic rings. The molecule has 0 fully saturated rings. The van der Waals surface area contributed by atoms with Gasteiger partial charge in [-0.25, -0.2) is 19.5 Å². The first kappa shape index (κ1) is 21.2. The van der Waals surface area contributed by atoms with E-state index in [-0.39, 0.29) is 6.61 Å². The van der Waals surface area contributed by atoms with Gasteiger partial charge in [0.1, 0.15) is 12.1 Å². The first-order valence-corrected chi connectivity index (χ1v) is 11.8. The zero-order valence-corrected chi connectivity index (χ0v) is 20.2. The highest BCUT2D eigenvalue weighted by molar-refractivity contribution is 7.20. The van der Waals surface area contributed by atoms with Crippen LogP contribution in [0.4, 0.5) is 0 Å². The van der Waals surface area contributed by atoms with Crippen LogP contribution >= 0.6 is 11.3 Å². The molecule has 10 heteroatoms. The topological polar surface area (TPSA) is 91.7 Å². The van der Waals surface area contributed by atoms with Gasteiger partial charge in [-0.3, -0.25) is 4.57 Å². The first-order chi connectivity index (χ1) is 17.1. The molecule has 0 N–H and O–H groups in total. The lowest BCUT2D eigenvalue weighted by Gasteiger charge is -2.02. The number of hydrogen-bond donors (Lipinski definition) is 0. The second kappa shape index (κ2) is 8.48. The fourth-order valence-electron chi connectivity index (χ4n) is 4.12. The molecule has 0 unspecified atom stereocenters. The number of ether oxygens (including phenoxy) is 1. The third-order valence-electron chi connectivity index (χ3n) is 5.95. The number of hydrogen-bond acceptors (Lipinski definition) is 8. The van der Waals surface area contributed by atoms with E-state index in [0.29, 0.717) is 5.82 Å². The monoisotopic (exact) mass is 483 g/mol. The number of fused-ring (bicyclic) bond motifs is 4. The maximum absolute atomic E-state index is 5.47. The van der Waals surface area contributed by atoms with E-state index in [1.165, 1.54) is 0 Å². The number of benzene rings is 2. The van der Waals surface area contributed by atoms with E-state index >= 15 is 0 Å². The minimum atomic E-state index is 0.130. The smallest absolute Gasteiger partial charge is 0.196 e. The third kappa shape index (κ3) is 3.58. The first-order valence-electron chi connectivity index (χ1n) is 11.0. The largest absolute Gasteiger partial charge is 0.496 e. The Balaban J connectivity index is 1.34. The average molecular weight is 484 g/mol. The number of nitrogens with zero attached hydrogens (tertiary/aromatic N) is 7. The zero-order valence-electron chi connectivity index (χ0n) is 19.3. The molecule has 0 amide bonds. The highest BCUT2D eigenvalue weighted by atomic mass is 32.1. The zero-order chi connectivity index (χ0) is 23.9. The van der Waals surface area contributed by atoms with Crippen molar-refractivity contribution in [1.82, 2.24) is 29.1 Å². The highest BCUT2D eigenvalue weighted by Crippen LogP contribution is 2.33. The maximum Gasteiger partial charge on any atom is 0.196 e. The Bertz CT molecular complexity index is 1700. The van der Waals surface area contributed by atoms with E-state index in [9.17, 15) is 0 Å². The molecular weight excluding hydrogens is 462 g/mol. The van der Waals surface area contributed by atoms with Crippen LogP contribution in [-0.2, 0) is 11.4 Å². The van der Waals surface area contributed by atoms with Crippen molar-refractivity contribution in [2.24, 2.45) is 5.16 Å². The van der Waals surface area contributed by atoms with Crippen LogP contribution in [0, 0.1) is 13.8 Å². The van der Waals surface area contributed by atoms with Crippen molar-refractivity contribution in [2.45, 2.75) is 20.5 Å². The van der Waals surface area contributed by atoms with Crippen LogP contribution in [0.2, 0.25) is 0 Å². The molecule has 9 nitrogen and oxygen atoms in total. The number of methoxy groups -OCH3 is 1. The van der Waals surface area contributed by atoms with Gasteiger partial charge in [0.25, 0.3) is 0 Å². The Labute approximate surface area is 204 Å². The summed E-state index contributed by atoms with van der Waals surface area (Å²) < 4.78 is 10.2. The Morgan fingerprint density at radius 1 is 1.03 bits per heavy atom. The van der Waals surface area contributed by atoms with Crippen molar-refractivity contribution in [1.29, 1.82) is 0 Å². The van der Waals surface area contributed by atoms with Crippen molar-refractivity contribution < 1.29 is 9.57 Å². The number of aryl methyl sites for hydroxylation is 1. The van der Waals surface area contributed by atoms with Crippen molar-refractivity contribution in [3.63, 3.8) is 0 Å². The van der Waals surface area contributed by atoms with Gasteiger partial charge in [-0.15, -0.1) is 5.10 Å². The fourth-order valence-corrected chi connectivity index (χ4v) is 5.14. The van der Waals surface area contributed by atoms with Crippen LogP contribution in [0.15, 0.2) is 60.0 Å². The standard InChI is InChI=1S/C25H21N7O2S/c1-15-16(2)32(25-28-18-9-5-7-11-20(18)35-25)23-22(15)24-29-21(30-31(24)14-26-23)13-34-27-12-17-8-4-6-10-19(17)33-3/h4-12,14H,13H2,1-3H3. The summed E-state index contributed by atoms with van der Waals surface area (Å²) in [6.45, 7) is 4.28. The summed E-state index contributed by atoms with van der Waals surface area (Å²) in [4.78, 5) is 19.7. The molecule has 4 heterocycles. The molecular formula is C25H21N7O2S. The van der Waals surface area contributed by atoms with Gasteiger partial charge in [0.15, 0.2) is 28.9 Å². The summed E-state index contributed by atoms with van der Waals surface area (Å²) in [5, 5.41) is 10.4. The number of thiazole rings is 1. The second-order valence-corrected chi connectivity index (χ2v) is 9.01. The molecule has 2 aromatic carbocycles. The van der Waals surface area contributed by atoms with E-state index in [0.717, 1.165) is 54.6 Å². The number of oxime groups is 1. The quantitative estimate of drug-likeness (QED) is 0.248. The molecule has 6 aromatic rings. The number of para-hydroxylation sites is 2. The summed E-state index contributed by atoms with van der Waals surface area (Å²) >= 11 is 1.64. The SMILES string of the molecule is COc1ccccc1C=NOCc1nc2c3c(C)c(C)n(-c4nc5ccccc5s4)c3ncn2n1. The number of aromatic nitrogens is 6. The molecule has 0 spiro atoms. The van der Waals surface area contributed by atoms with Crippen molar-refractivity contribution in [2.75, 3.05) is 7.11 Å². The molecule has 174 valence electrons. The predicted molar refractivity (Wildman–Crippen MR) is 136 cm³/mol. The van der Waals surface area contributed by atoms with Crippen LogP contribution in [0.1, 0.15) is 22.6 Å². The van der Waals surface area contributed by atoms with Crippen LogP contribution in [-0.4, -0.2) is 42.5 Å². The molecule has 35 heavy (non-hydrogen) atoms. The molecule has 0 saturated carbocycles. The lowest BCUT2D eigenvalue weighted by Crippen LogP contribution is -1.98. The Morgan fingerprint density at radius 3 is 2.71 bits per heavy atom. The molecule has 6 rings (SSSR count). The van der Waals surface area contributed by atoms with Gasteiger partial charge < -0.3 is 9.57 Å². The molecule has 0 bridgehead atoms. The van der Waals surface area contributed by atoms with Crippen LogP contribution in [0.5, 0.6) is 5.75 Å². The highest BCUT2D eigenvalue weighted by Gasteiger charge is 2.20. The van der Waals surface area contributed by atoms with Gasteiger partial charge in [0, 0.05) is 11.3 Å². The molecule has 0 aliphatic carbocycles. The van der Waals surface area contributed by atoms with Crippen molar-refractivity contribution in [3.8, 4) is 10.9 Å². The van der Waals surface area contributed by atoms with E-state index in [1.54, 1.807) is 35.5 Å². The second-order valence-electron chi connectivity index (χ2n) is 8.00. The van der Waals surface area contributed by atoms with E-state index in [2.05, 4.69) is 34.7 Å². The molecule has 0 aliphatic heterocycles. The van der Waals surface area contributed by atoms with E-state index in [1.807, 2.05) is 42.5 Å². The van der Waals surface area contributed by atoms with Gasteiger partial charge in [0.05, 0.1) is 28.9 Å². The van der Waals surface area contributed by atoms with E-state index in [4.69, 9.17) is 24.5 Å². The molecule has 0 radical (unpaired) electrons. The average Bonchev–Trinajstić information content (AvgIpc) is 3.56. The Kier molecular flexibility index (Phi) is 5.14. The van der Waals surface area contributed by atoms with Crippen LogP contribution < -0.4 is 4.74 Å². The lowest BCUT2D eigenvalue weighted by molar-refractivity contribution is 0.126. The lowest BCUT2D eigenvalue weighted by atomic mass is 10.2. The minimum Gasteiger partial charge on any atom is -0.496 e. The summed E-state index contributed by atoms with van der Waals surface area (Å²) in [7, 11) is 1.62. The van der Waals surface area contributed by atoms with Gasteiger partial charge >= 0.3 is 0 Å². The van der Waals surface area contributed by atoms with Crippen LogP contribution in [0.3, 0.4) is 0 Å². The van der Waals surface area contributed by atoms with Gasteiger partial charge in [0.2, 0.25) is 0 Å². The number of rotatable bonds is 6.